The zero-order valence-corrected chi connectivity index (χ0v) is 67.9. The van der Waals surface area contributed by atoms with Crippen molar-refractivity contribution in [2.75, 3.05) is 131 Å². The average Bonchev–Trinajstić information content (AvgIpc) is 0.761. The van der Waals surface area contributed by atoms with Crippen molar-refractivity contribution in [2.45, 2.75) is 85.4 Å². The summed E-state index contributed by atoms with van der Waals surface area (Å²) in [6, 6.07) is 52.5. The zero-order chi connectivity index (χ0) is 81.7. The number of alkyl halides is 1. The van der Waals surface area contributed by atoms with Crippen molar-refractivity contribution in [3.05, 3.63) is 257 Å². The molecule has 3 unspecified atom stereocenters. The highest BCUT2D eigenvalue weighted by molar-refractivity contribution is 7.91. The summed E-state index contributed by atoms with van der Waals surface area (Å²) < 4.78 is 111. The highest BCUT2D eigenvalue weighted by atomic mass is 35.5. The minimum absolute atomic E-state index is 0.0430. The number of likely N-dealkylation sites (N-methyl/N-ethyl adjacent to an activating group) is 1. The first-order valence-electron chi connectivity index (χ1n) is 36.9. The van der Waals surface area contributed by atoms with Gasteiger partial charge in [0.25, 0.3) is 21.5 Å². The van der Waals surface area contributed by atoms with E-state index in [1.54, 1.807) is 38.2 Å². The molecule has 8 heterocycles. The van der Waals surface area contributed by atoms with Crippen LogP contribution >= 0.6 is 36.0 Å². The minimum atomic E-state index is -3.20. The van der Waals surface area contributed by atoms with E-state index < -0.39 is 108 Å². The van der Waals surface area contributed by atoms with Crippen LogP contribution in [-0.4, -0.2) is 250 Å². The monoisotopic (exact) mass is 1670 g/mol. The van der Waals surface area contributed by atoms with Crippen molar-refractivity contribution in [3.8, 4) is 23.0 Å². The molecule has 0 spiro atoms. The molecular formula is C80H96ClN7O22S4. The van der Waals surface area contributed by atoms with Gasteiger partial charge in [-0.1, -0.05) is 109 Å². The summed E-state index contributed by atoms with van der Waals surface area (Å²) in [6.07, 6.45) is -4.01. The van der Waals surface area contributed by atoms with Gasteiger partial charge in [-0.05, 0) is 133 Å². The Morgan fingerprint density at radius 2 is 0.877 bits per heavy atom. The second kappa shape index (κ2) is 40.6. The Morgan fingerprint density at radius 3 is 1.21 bits per heavy atom. The first-order valence-corrected chi connectivity index (χ1v) is 41.7. The molecule has 114 heavy (non-hydrogen) atoms. The summed E-state index contributed by atoms with van der Waals surface area (Å²) in [4.78, 5) is 57.1. The Kier molecular flexibility index (Phi) is 31.1. The van der Waals surface area contributed by atoms with E-state index in [2.05, 4.69) is 28.8 Å². The Bertz CT molecular complexity index is 4780. The van der Waals surface area contributed by atoms with E-state index in [-0.39, 0.29) is 66.1 Å². The van der Waals surface area contributed by atoms with Gasteiger partial charge in [0.1, 0.15) is 57.9 Å². The predicted octanol–water partition coefficient (Wildman–Crippen LogP) is 5.78. The molecule has 2 aromatic heterocycles. The van der Waals surface area contributed by atoms with E-state index in [1.165, 1.54) is 25.2 Å². The van der Waals surface area contributed by atoms with Crippen molar-refractivity contribution in [1.29, 1.82) is 0 Å². The smallest absolute Gasteiger partial charge is 0.330 e. The Morgan fingerprint density at radius 1 is 0.518 bits per heavy atom. The summed E-state index contributed by atoms with van der Waals surface area (Å²) in [7, 11) is 2.29. The summed E-state index contributed by atoms with van der Waals surface area (Å²) in [6.45, 7) is 6.94. The highest BCUT2D eigenvalue weighted by Crippen LogP contribution is 2.46. The fraction of sp³-hybridized carbons (Fsp3) is 0.425. The summed E-state index contributed by atoms with van der Waals surface area (Å²) >= 11 is 18.0. The van der Waals surface area contributed by atoms with Crippen LogP contribution in [0, 0.1) is 0 Å². The minimum Gasteiger partial charge on any atom is -0.497 e. The maximum atomic E-state index is 13.0. The third-order valence-corrected chi connectivity index (χ3v) is 24.5. The number of morpholine rings is 1. The van der Waals surface area contributed by atoms with Gasteiger partial charge in [-0.3, -0.25) is 28.7 Å². The molecule has 0 radical (unpaired) electrons. The topological polar surface area (TPSA) is 350 Å². The SMILES string of the molecule is CC1CCCO1.CN1CCOCC1.COc1ccc(C(Cl)(c2ccccc2)c2ccc(OC)cc2)cc1.COc1ccc(C(OC[C@H]2O[C@@H](n3ccc(=O)[nH]c3=O)[C@@H](OC(=S)N3CCS(=O)(=O)CC3)C2O)(c2ccccc2)c2ccc(OC)cc2)cc1.O=c1ccn([C@@H]2O[C@H](CO)C(O)[C@@H]2OC(=S)N2CCS(=O)(=O)CC2)c(=O)[nH]1. The van der Waals surface area contributed by atoms with Crippen LogP contribution in [0.5, 0.6) is 23.0 Å². The standard InChI is InChI=1S/C35H37N3O10S2.C21H19ClO2.C14H19N3O8S2.C5H11NO.C5H10O/c1-44-26-12-8-24(9-13-26)35(23-6-4-3-5-7-23,25-10-14-27(45-2)15-11-25)46-22-28-30(40)31(32(47-28)38-17-16-29(39)36-33(38)41)48-34(49)37-18-20-50(42,43)21-19-37;1-23-19-12-8-17(9-13-19)21(22,16-6-4-3-5-7-16)18-10-14-20(24-2)15-11-18;18-7-8-10(20)11(12(24-8)17-2-1-9(19)15-13(17)21)25-14(26)16-3-5-27(22,23)6-4-16;1-6-2-4-7-5-3-6;1-5-3-2-4-6-5/h3-17,28,30-32,40H,18-22H2,1-2H3,(H,36,39,41);3-15H,1-2H3;1-2,8,10-12,18,20H,3-7H2,(H,15,19,21);2-5H2,1H3;5H,2-4H2,1H3/t28-,30?,31+,32-;;8-,10?,11+,12-;;/m1.1../s1. The molecular weight excluding hydrogens is 1570 g/mol. The van der Waals surface area contributed by atoms with Crippen LogP contribution in [0.15, 0.2) is 201 Å². The fourth-order valence-electron chi connectivity index (χ4n) is 13.3. The molecule has 6 saturated heterocycles. The number of thiocarbonyl (C=S) groups is 2. The van der Waals surface area contributed by atoms with Gasteiger partial charge in [0.05, 0.1) is 84.0 Å². The van der Waals surface area contributed by atoms with Gasteiger partial charge in [0, 0.05) is 70.4 Å². The molecule has 6 fully saturated rings. The Labute approximate surface area is 676 Å². The number of nitrogens with zero attached hydrogens (tertiary/aromatic N) is 5. The van der Waals surface area contributed by atoms with Gasteiger partial charge in [0.15, 0.2) is 44.3 Å². The lowest BCUT2D eigenvalue weighted by atomic mass is 9.80. The van der Waals surface area contributed by atoms with Gasteiger partial charge >= 0.3 is 11.4 Å². The number of aromatic nitrogens is 4. The molecule has 29 nitrogen and oxygen atoms in total. The van der Waals surface area contributed by atoms with Gasteiger partial charge in [-0.2, -0.15) is 0 Å². The van der Waals surface area contributed by atoms with Gasteiger partial charge < -0.3 is 82.1 Å². The van der Waals surface area contributed by atoms with Crippen LogP contribution in [0.2, 0.25) is 0 Å². The summed E-state index contributed by atoms with van der Waals surface area (Å²) in [5.74, 6) is 2.58. The Balaban J connectivity index is 0.000000179. The second-order valence-corrected chi connectivity index (χ2v) is 33.2. The molecule has 6 aliphatic heterocycles. The van der Waals surface area contributed by atoms with Gasteiger partial charge in [0.2, 0.25) is 0 Å². The first kappa shape index (κ1) is 87.5. The number of sulfone groups is 2. The number of benzene rings is 6. The number of H-pyrrole nitrogens is 2. The van der Waals surface area contributed by atoms with E-state index in [0.717, 1.165) is 99.1 Å². The van der Waals surface area contributed by atoms with Crippen molar-refractivity contribution in [3.63, 3.8) is 0 Å². The molecule has 0 saturated carbocycles. The van der Waals surface area contributed by atoms with Crippen LogP contribution in [0.1, 0.15) is 65.6 Å². The van der Waals surface area contributed by atoms with Crippen LogP contribution < -0.4 is 41.4 Å². The van der Waals surface area contributed by atoms with Crippen molar-refractivity contribution in [1.82, 2.24) is 33.8 Å². The van der Waals surface area contributed by atoms with E-state index in [9.17, 15) is 51.3 Å². The molecule has 8 aromatic rings. The number of hydrogen-bond acceptors (Lipinski definition) is 25. The highest BCUT2D eigenvalue weighted by Gasteiger charge is 2.51. The van der Waals surface area contributed by atoms with Crippen LogP contribution in [0.3, 0.4) is 0 Å². The molecule has 14 rings (SSSR count). The normalized spacial score (nSPS) is 22.4. The predicted molar refractivity (Wildman–Crippen MR) is 434 cm³/mol. The molecule has 6 aliphatic rings. The maximum Gasteiger partial charge on any atom is 0.330 e. The van der Waals surface area contributed by atoms with Gasteiger partial charge in [-0.15, -0.1) is 11.6 Å². The number of halogens is 1. The molecule has 5 N–H and O–H groups in total. The third-order valence-electron chi connectivity index (χ3n) is 19.9. The quantitative estimate of drug-likeness (QED) is 0.0386. The molecule has 0 aliphatic carbocycles. The number of aliphatic hydroxyl groups is 3. The second-order valence-electron chi connectivity index (χ2n) is 27.3. The zero-order valence-electron chi connectivity index (χ0n) is 63.9. The molecule has 0 bridgehead atoms. The Hall–Kier alpha value is -8.91. The molecule has 6 aromatic carbocycles. The lowest BCUT2D eigenvalue weighted by Crippen LogP contribution is -2.47. The van der Waals surface area contributed by atoms with E-state index in [4.69, 9.17) is 88.1 Å². The molecule has 34 heteroatoms. The van der Waals surface area contributed by atoms with E-state index in [0.29, 0.717) is 17.6 Å². The number of ether oxygens (including phenoxy) is 11. The molecule has 0 amide bonds. The van der Waals surface area contributed by atoms with Crippen LogP contribution in [0.4, 0.5) is 0 Å². The largest absolute Gasteiger partial charge is 0.497 e. The number of aromatic amines is 2. The van der Waals surface area contributed by atoms with Crippen molar-refractivity contribution < 1.29 is 84.3 Å². The van der Waals surface area contributed by atoms with E-state index in [1.807, 2.05) is 158 Å². The third kappa shape index (κ3) is 22.2. The fourth-order valence-corrected chi connectivity index (χ4v) is 16.7. The average molecular weight is 1670 g/mol. The summed E-state index contributed by atoms with van der Waals surface area (Å²) in [5.41, 5.74) is 1.27. The molecule has 9 atom stereocenters. The number of hydrogen-bond donors (Lipinski definition) is 5. The number of nitrogens with one attached hydrogen (secondary N) is 2. The number of aliphatic hydroxyl groups excluding tert-OH is 3. The van der Waals surface area contributed by atoms with Crippen LogP contribution in [-0.2, 0) is 63.3 Å². The lowest BCUT2D eigenvalue weighted by molar-refractivity contribution is -0.0957. The molecule has 614 valence electrons. The van der Waals surface area contributed by atoms with Crippen molar-refractivity contribution in [2.24, 2.45) is 0 Å². The first-order chi connectivity index (χ1) is 54.7. The van der Waals surface area contributed by atoms with E-state index >= 15 is 0 Å². The van der Waals surface area contributed by atoms with Crippen molar-refractivity contribution >= 4 is 66.1 Å². The number of rotatable bonds is 18. The lowest BCUT2D eigenvalue weighted by Gasteiger charge is -2.37. The number of methoxy groups -OCH3 is 4. The van der Waals surface area contributed by atoms with Crippen LogP contribution in [0.25, 0.3) is 0 Å². The maximum absolute atomic E-state index is 13.0. The van der Waals surface area contributed by atoms with Gasteiger partial charge in [-0.25, -0.2) is 26.4 Å². The summed E-state index contributed by atoms with van der Waals surface area (Å²) in [5, 5.41) is 31.4.